The largest absolute Gasteiger partial charge is 0.357 e. The van der Waals surface area contributed by atoms with Gasteiger partial charge in [-0.15, -0.1) is 24.0 Å². The minimum Gasteiger partial charge on any atom is -0.357 e. The van der Waals surface area contributed by atoms with E-state index >= 15 is 0 Å². The molecule has 0 aliphatic heterocycles. The lowest BCUT2D eigenvalue weighted by atomic mass is 10.1. The van der Waals surface area contributed by atoms with Crippen LogP contribution in [0.5, 0.6) is 0 Å². The summed E-state index contributed by atoms with van der Waals surface area (Å²) in [5.41, 5.74) is 2.76. The Hall–Kier alpha value is -2.16. The van der Waals surface area contributed by atoms with Gasteiger partial charge in [0.2, 0.25) is 0 Å². The first kappa shape index (κ1) is 23.9. The van der Waals surface area contributed by atoms with Crippen LogP contribution in [0.3, 0.4) is 0 Å². The number of guanidine groups is 1. The van der Waals surface area contributed by atoms with Crippen molar-refractivity contribution in [3.8, 4) is 0 Å². The van der Waals surface area contributed by atoms with E-state index in [9.17, 15) is 9.18 Å². The summed E-state index contributed by atoms with van der Waals surface area (Å²) in [6.07, 6.45) is 0.737. The number of hydrogen-bond donors (Lipinski definition) is 3. The predicted octanol–water partition coefficient (Wildman–Crippen LogP) is 3.28. The topological polar surface area (TPSA) is 65.5 Å². The average Bonchev–Trinajstić information content (AvgIpc) is 2.66. The van der Waals surface area contributed by atoms with Crippen LogP contribution in [0.25, 0.3) is 0 Å². The maximum atomic E-state index is 12.9. The molecular weight excluding hydrogens is 470 g/mol. The minimum atomic E-state index is -0.232. The Bertz CT molecular complexity index is 765. The first-order chi connectivity index (χ1) is 13.1. The molecule has 28 heavy (non-hydrogen) atoms. The number of carbonyl (C=O) groups is 1. The summed E-state index contributed by atoms with van der Waals surface area (Å²) in [5.74, 6) is 0.383. The number of nitrogens with zero attached hydrogens (tertiary/aromatic N) is 1. The number of hydrogen-bond acceptors (Lipinski definition) is 2. The lowest BCUT2D eigenvalue weighted by Crippen LogP contribution is -2.41. The summed E-state index contributed by atoms with van der Waals surface area (Å²) in [4.78, 5) is 16.6. The van der Waals surface area contributed by atoms with E-state index < -0.39 is 0 Å². The Balaban J connectivity index is 0.00000392. The highest BCUT2D eigenvalue weighted by Crippen LogP contribution is 2.04. The maximum absolute atomic E-state index is 12.9. The number of rotatable bonds is 8. The molecule has 0 bridgehead atoms. The number of benzene rings is 2. The molecule has 0 fully saturated rings. The lowest BCUT2D eigenvalue weighted by molar-refractivity contribution is 0.0954. The van der Waals surface area contributed by atoms with Gasteiger partial charge in [-0.2, -0.15) is 0 Å². The zero-order chi connectivity index (χ0) is 19.5. The highest BCUT2D eigenvalue weighted by Gasteiger charge is 2.04. The van der Waals surface area contributed by atoms with E-state index in [1.54, 1.807) is 18.2 Å². The fourth-order valence-electron chi connectivity index (χ4n) is 2.53. The molecule has 0 radical (unpaired) electrons. The van der Waals surface area contributed by atoms with Gasteiger partial charge in [-0.05, 0) is 50.1 Å². The van der Waals surface area contributed by atoms with Gasteiger partial charge < -0.3 is 16.0 Å². The molecule has 1 amide bonds. The van der Waals surface area contributed by atoms with E-state index in [4.69, 9.17) is 0 Å². The molecule has 0 spiro atoms. The van der Waals surface area contributed by atoms with Crippen LogP contribution >= 0.6 is 24.0 Å². The minimum absolute atomic E-state index is 0. The SMILES string of the molecule is CCNC(=NCCc1ccc(F)cc1)NCCNC(=O)c1cccc(C)c1.I. The summed E-state index contributed by atoms with van der Waals surface area (Å²) in [7, 11) is 0. The molecule has 0 atom stereocenters. The van der Waals surface area contributed by atoms with Gasteiger partial charge in [0, 0.05) is 31.7 Å². The van der Waals surface area contributed by atoms with Crippen LogP contribution in [0.1, 0.15) is 28.4 Å². The van der Waals surface area contributed by atoms with E-state index in [0.717, 1.165) is 24.1 Å². The fourth-order valence-corrected chi connectivity index (χ4v) is 2.53. The van der Waals surface area contributed by atoms with Gasteiger partial charge in [-0.3, -0.25) is 9.79 Å². The molecule has 2 aromatic rings. The quantitative estimate of drug-likeness (QED) is 0.227. The van der Waals surface area contributed by atoms with Crippen LogP contribution < -0.4 is 16.0 Å². The van der Waals surface area contributed by atoms with Gasteiger partial charge in [-0.25, -0.2) is 4.39 Å². The molecule has 0 aromatic heterocycles. The zero-order valence-corrected chi connectivity index (χ0v) is 18.6. The van der Waals surface area contributed by atoms with Crippen molar-refractivity contribution in [1.29, 1.82) is 0 Å². The highest BCUT2D eigenvalue weighted by atomic mass is 127. The van der Waals surface area contributed by atoms with Gasteiger partial charge in [0.25, 0.3) is 5.91 Å². The Morgan fingerprint density at radius 3 is 2.43 bits per heavy atom. The van der Waals surface area contributed by atoms with Crippen LogP contribution in [-0.4, -0.2) is 38.0 Å². The molecule has 2 aromatic carbocycles. The monoisotopic (exact) mass is 498 g/mol. The summed E-state index contributed by atoms with van der Waals surface area (Å²) < 4.78 is 12.9. The summed E-state index contributed by atoms with van der Waals surface area (Å²) in [6.45, 7) is 6.36. The van der Waals surface area contributed by atoms with E-state index in [1.165, 1.54) is 12.1 Å². The van der Waals surface area contributed by atoms with Gasteiger partial charge in [0.05, 0.1) is 0 Å². The standard InChI is InChI=1S/C21H27FN4O.HI/c1-3-23-21(25-12-11-17-7-9-19(22)10-8-17)26-14-13-24-20(27)18-6-4-5-16(2)15-18;/h4-10,15H,3,11-14H2,1-2H3,(H,24,27)(H2,23,25,26);1H. The van der Waals surface area contributed by atoms with Crippen molar-refractivity contribution in [2.45, 2.75) is 20.3 Å². The number of carbonyl (C=O) groups excluding carboxylic acids is 1. The van der Waals surface area contributed by atoms with Gasteiger partial charge in [-0.1, -0.05) is 29.8 Å². The third-order valence-electron chi connectivity index (χ3n) is 3.91. The first-order valence-corrected chi connectivity index (χ1v) is 9.20. The second-order valence-electron chi connectivity index (χ2n) is 6.19. The normalized spacial score (nSPS) is 10.8. The number of nitrogens with one attached hydrogen (secondary N) is 3. The Morgan fingerprint density at radius 2 is 1.75 bits per heavy atom. The number of aryl methyl sites for hydroxylation is 1. The fraction of sp³-hybridized carbons (Fsp3) is 0.333. The van der Waals surface area contributed by atoms with Crippen molar-refractivity contribution in [3.05, 3.63) is 71.0 Å². The van der Waals surface area contributed by atoms with Gasteiger partial charge in [0.15, 0.2) is 5.96 Å². The Morgan fingerprint density at radius 1 is 1.04 bits per heavy atom. The van der Waals surface area contributed by atoms with Gasteiger partial charge in [0.1, 0.15) is 5.82 Å². The molecule has 7 heteroatoms. The van der Waals surface area contributed by atoms with Crippen LogP contribution in [0.15, 0.2) is 53.5 Å². The van der Waals surface area contributed by atoms with Crippen molar-refractivity contribution in [2.24, 2.45) is 4.99 Å². The lowest BCUT2D eigenvalue weighted by Gasteiger charge is -2.12. The molecule has 0 aliphatic carbocycles. The third kappa shape index (κ3) is 8.69. The van der Waals surface area contributed by atoms with Crippen LogP contribution in [-0.2, 0) is 6.42 Å². The molecule has 2 rings (SSSR count). The summed E-state index contributed by atoms with van der Waals surface area (Å²) in [6, 6.07) is 14.0. The van der Waals surface area contributed by atoms with Crippen LogP contribution in [0.2, 0.25) is 0 Å². The van der Waals surface area contributed by atoms with Gasteiger partial charge >= 0.3 is 0 Å². The van der Waals surface area contributed by atoms with Crippen molar-refractivity contribution < 1.29 is 9.18 Å². The van der Waals surface area contributed by atoms with Crippen LogP contribution in [0.4, 0.5) is 4.39 Å². The summed E-state index contributed by atoms with van der Waals surface area (Å²) in [5, 5.41) is 9.26. The first-order valence-electron chi connectivity index (χ1n) is 9.20. The molecule has 3 N–H and O–H groups in total. The van der Waals surface area contributed by atoms with Crippen LogP contribution in [0, 0.1) is 12.7 Å². The molecule has 0 unspecified atom stereocenters. The van der Waals surface area contributed by atoms with Crippen molar-refractivity contribution in [1.82, 2.24) is 16.0 Å². The third-order valence-corrected chi connectivity index (χ3v) is 3.91. The zero-order valence-electron chi connectivity index (χ0n) is 16.3. The molecule has 152 valence electrons. The molecule has 0 saturated carbocycles. The number of amides is 1. The van der Waals surface area contributed by atoms with E-state index in [2.05, 4.69) is 20.9 Å². The second kappa shape index (κ2) is 13.1. The molecule has 0 aliphatic rings. The average molecular weight is 498 g/mol. The summed E-state index contributed by atoms with van der Waals surface area (Å²) >= 11 is 0. The van der Waals surface area contributed by atoms with Crippen molar-refractivity contribution in [2.75, 3.05) is 26.2 Å². The predicted molar refractivity (Wildman–Crippen MR) is 123 cm³/mol. The Labute approximate surface area is 183 Å². The highest BCUT2D eigenvalue weighted by molar-refractivity contribution is 14.0. The maximum Gasteiger partial charge on any atom is 0.251 e. The Kier molecular flexibility index (Phi) is 11.2. The van der Waals surface area contributed by atoms with E-state index in [1.807, 2.05) is 32.0 Å². The van der Waals surface area contributed by atoms with E-state index in [0.29, 0.717) is 31.2 Å². The molecular formula is C21H28FIN4O. The molecule has 5 nitrogen and oxygen atoms in total. The molecule has 0 saturated heterocycles. The van der Waals surface area contributed by atoms with Crippen molar-refractivity contribution in [3.63, 3.8) is 0 Å². The molecule has 0 heterocycles. The number of aliphatic imine (C=N–C) groups is 1. The van der Waals surface area contributed by atoms with Crippen molar-refractivity contribution >= 4 is 35.8 Å². The van der Waals surface area contributed by atoms with E-state index in [-0.39, 0.29) is 35.7 Å². The smallest absolute Gasteiger partial charge is 0.251 e. The second-order valence-corrected chi connectivity index (χ2v) is 6.19. The number of halogens is 2.